The van der Waals surface area contributed by atoms with Crippen molar-refractivity contribution in [1.29, 1.82) is 0 Å². The Kier molecular flexibility index (Phi) is 5.45. The Hall–Kier alpha value is -2.99. The number of benzene rings is 1. The number of nitrogens with zero attached hydrogens (tertiary/aromatic N) is 3. The van der Waals surface area contributed by atoms with E-state index in [4.69, 9.17) is 9.47 Å². The Bertz CT molecular complexity index is 1100. The zero-order chi connectivity index (χ0) is 20.4. The number of nitrogens with one attached hydrogen (secondary N) is 1. The van der Waals surface area contributed by atoms with Gasteiger partial charge < -0.3 is 23.9 Å². The minimum absolute atomic E-state index is 0.733. The molecule has 6 nitrogen and oxygen atoms in total. The van der Waals surface area contributed by atoms with Crippen LogP contribution in [-0.2, 0) is 6.54 Å². The minimum atomic E-state index is 0.733. The van der Waals surface area contributed by atoms with Crippen LogP contribution < -0.4 is 9.47 Å². The Morgan fingerprint density at radius 3 is 2.62 bits per heavy atom. The number of rotatable bonds is 8. The van der Waals surface area contributed by atoms with Crippen LogP contribution in [-0.4, -0.2) is 53.8 Å². The average Bonchev–Trinajstić information content (AvgIpc) is 3.32. The second kappa shape index (κ2) is 8.17. The van der Waals surface area contributed by atoms with Crippen molar-refractivity contribution >= 4 is 21.9 Å². The van der Waals surface area contributed by atoms with Crippen molar-refractivity contribution in [3.8, 4) is 22.8 Å². The van der Waals surface area contributed by atoms with Crippen LogP contribution in [0.5, 0.6) is 11.5 Å². The predicted molar refractivity (Wildman–Crippen MR) is 118 cm³/mol. The third kappa shape index (κ3) is 3.68. The molecule has 0 unspecified atom stereocenters. The largest absolute Gasteiger partial charge is 0.493 e. The molecule has 0 saturated carbocycles. The molecular formula is C23H28N4O2. The number of aromatic nitrogens is 3. The van der Waals surface area contributed by atoms with Crippen molar-refractivity contribution in [2.24, 2.45) is 0 Å². The molecule has 3 aromatic heterocycles. The number of ether oxygens (including phenoxy) is 2. The number of pyridine rings is 1. The lowest BCUT2D eigenvalue weighted by atomic mass is 10.1. The number of hydrogen-bond acceptors (Lipinski definition) is 4. The van der Waals surface area contributed by atoms with Gasteiger partial charge >= 0.3 is 0 Å². The molecule has 0 amide bonds. The molecule has 0 aliphatic carbocycles. The van der Waals surface area contributed by atoms with E-state index in [9.17, 15) is 0 Å². The van der Waals surface area contributed by atoms with Crippen molar-refractivity contribution in [2.45, 2.75) is 19.9 Å². The summed E-state index contributed by atoms with van der Waals surface area (Å²) in [5, 5.41) is 2.24. The van der Waals surface area contributed by atoms with E-state index in [1.165, 1.54) is 0 Å². The van der Waals surface area contributed by atoms with Crippen LogP contribution in [0.25, 0.3) is 33.2 Å². The van der Waals surface area contributed by atoms with Gasteiger partial charge in [-0.15, -0.1) is 0 Å². The van der Waals surface area contributed by atoms with Crippen molar-refractivity contribution in [3.63, 3.8) is 0 Å². The Labute approximate surface area is 171 Å². The predicted octanol–water partition coefficient (Wildman–Crippen LogP) is 4.54. The fourth-order valence-electron chi connectivity index (χ4n) is 3.89. The maximum atomic E-state index is 5.57. The second-order valence-corrected chi connectivity index (χ2v) is 7.39. The highest BCUT2D eigenvalue weighted by Crippen LogP contribution is 2.38. The first-order valence-electron chi connectivity index (χ1n) is 10.0. The van der Waals surface area contributed by atoms with Gasteiger partial charge in [-0.1, -0.05) is 6.92 Å². The maximum absolute atomic E-state index is 5.57. The highest BCUT2D eigenvalue weighted by Gasteiger charge is 2.17. The zero-order valence-corrected chi connectivity index (χ0v) is 17.5. The first-order valence-corrected chi connectivity index (χ1v) is 10.0. The lowest BCUT2D eigenvalue weighted by molar-refractivity contribution is 0.321. The highest BCUT2D eigenvalue weighted by atomic mass is 16.5. The van der Waals surface area contributed by atoms with Crippen molar-refractivity contribution in [2.75, 3.05) is 34.4 Å². The molecule has 4 aromatic rings. The molecule has 4 rings (SSSR count). The summed E-state index contributed by atoms with van der Waals surface area (Å²) < 4.78 is 13.4. The Morgan fingerprint density at radius 2 is 1.90 bits per heavy atom. The van der Waals surface area contributed by atoms with E-state index in [1.54, 1.807) is 14.2 Å². The molecule has 29 heavy (non-hydrogen) atoms. The normalized spacial score (nSPS) is 11.6. The molecule has 0 fully saturated rings. The maximum Gasteiger partial charge on any atom is 0.162 e. The number of hydrogen-bond donors (Lipinski definition) is 1. The molecular weight excluding hydrogens is 364 g/mol. The third-order valence-corrected chi connectivity index (χ3v) is 5.40. The zero-order valence-electron chi connectivity index (χ0n) is 17.5. The summed E-state index contributed by atoms with van der Waals surface area (Å²) in [5.41, 5.74) is 4.22. The van der Waals surface area contributed by atoms with Gasteiger partial charge in [0.1, 0.15) is 5.65 Å². The van der Waals surface area contributed by atoms with Crippen LogP contribution in [0, 0.1) is 0 Å². The smallest absolute Gasteiger partial charge is 0.162 e. The first-order chi connectivity index (χ1) is 14.1. The van der Waals surface area contributed by atoms with Crippen molar-refractivity contribution < 1.29 is 9.47 Å². The monoisotopic (exact) mass is 392 g/mol. The summed E-state index contributed by atoms with van der Waals surface area (Å²) in [6.07, 6.45) is 5.18. The lowest BCUT2D eigenvalue weighted by Crippen LogP contribution is -2.23. The highest BCUT2D eigenvalue weighted by molar-refractivity contribution is 5.99. The topological polar surface area (TPSA) is 55.3 Å². The third-order valence-electron chi connectivity index (χ3n) is 5.40. The molecule has 0 aliphatic heterocycles. The van der Waals surface area contributed by atoms with E-state index >= 15 is 0 Å². The number of aromatic amines is 1. The molecule has 1 N–H and O–H groups in total. The number of methoxy groups -OCH3 is 2. The first kappa shape index (κ1) is 19.3. The van der Waals surface area contributed by atoms with Crippen LogP contribution >= 0.6 is 0 Å². The van der Waals surface area contributed by atoms with Gasteiger partial charge in [0.2, 0.25) is 0 Å². The fraction of sp³-hybridized carbons (Fsp3) is 0.348. The van der Waals surface area contributed by atoms with E-state index in [-0.39, 0.29) is 0 Å². The van der Waals surface area contributed by atoms with Gasteiger partial charge in [0.05, 0.1) is 19.7 Å². The fourth-order valence-corrected chi connectivity index (χ4v) is 3.89. The summed E-state index contributed by atoms with van der Waals surface area (Å²) in [4.78, 5) is 10.3. The van der Waals surface area contributed by atoms with E-state index in [0.717, 1.165) is 70.7 Å². The van der Waals surface area contributed by atoms with Crippen LogP contribution in [0.3, 0.4) is 0 Å². The van der Waals surface area contributed by atoms with Gasteiger partial charge in [0.15, 0.2) is 11.5 Å². The second-order valence-electron chi connectivity index (χ2n) is 7.39. The molecule has 1 aromatic carbocycles. The molecule has 0 radical (unpaired) electrons. The summed E-state index contributed by atoms with van der Waals surface area (Å²) in [6, 6.07) is 10.3. The van der Waals surface area contributed by atoms with Crippen molar-refractivity contribution in [3.05, 3.63) is 42.7 Å². The molecule has 0 bridgehead atoms. The average molecular weight is 393 g/mol. The van der Waals surface area contributed by atoms with Gasteiger partial charge in [-0.2, -0.15) is 0 Å². The van der Waals surface area contributed by atoms with Crippen LogP contribution in [0.15, 0.2) is 42.7 Å². The lowest BCUT2D eigenvalue weighted by Gasteiger charge is -2.16. The van der Waals surface area contributed by atoms with E-state index in [0.29, 0.717) is 0 Å². The van der Waals surface area contributed by atoms with Gasteiger partial charge in [-0.3, -0.25) is 0 Å². The summed E-state index contributed by atoms with van der Waals surface area (Å²) in [6.45, 7) is 5.19. The van der Waals surface area contributed by atoms with Crippen LogP contribution in [0.1, 0.15) is 13.3 Å². The van der Waals surface area contributed by atoms with Gasteiger partial charge in [0.25, 0.3) is 0 Å². The number of H-pyrrole nitrogens is 1. The molecule has 0 atom stereocenters. The van der Waals surface area contributed by atoms with E-state index in [2.05, 4.69) is 63.9 Å². The van der Waals surface area contributed by atoms with Crippen LogP contribution in [0.2, 0.25) is 0 Å². The number of likely N-dealkylation sites (N-methyl/N-ethyl adjacent to an activating group) is 1. The summed E-state index contributed by atoms with van der Waals surface area (Å²) >= 11 is 0. The van der Waals surface area contributed by atoms with Crippen molar-refractivity contribution in [1.82, 2.24) is 19.4 Å². The molecule has 3 heterocycles. The summed E-state index contributed by atoms with van der Waals surface area (Å²) in [7, 11) is 5.52. The molecule has 6 heteroatoms. The minimum Gasteiger partial charge on any atom is -0.493 e. The van der Waals surface area contributed by atoms with Crippen LogP contribution in [0.4, 0.5) is 0 Å². The standard InChI is InChI=1S/C23H28N4O2/c1-5-9-26(2)10-11-27-15-18(19-12-16-7-6-8-24-23(16)25-19)17-13-21(28-3)22(29-4)14-20(17)27/h6-8,12-15H,5,9-11H2,1-4H3,(H,24,25). The molecule has 0 spiro atoms. The SMILES string of the molecule is CCCN(C)CCn1cc(-c2cc3cccnc3[nH]2)c2cc(OC)c(OC)cc21. The van der Waals surface area contributed by atoms with Gasteiger partial charge in [0, 0.05) is 53.6 Å². The quantitative estimate of drug-likeness (QED) is 0.478. The van der Waals surface area contributed by atoms with E-state index in [1.807, 2.05) is 12.3 Å². The number of fused-ring (bicyclic) bond motifs is 2. The Balaban J connectivity index is 1.84. The molecule has 152 valence electrons. The summed E-state index contributed by atoms with van der Waals surface area (Å²) in [5.74, 6) is 1.47. The van der Waals surface area contributed by atoms with E-state index < -0.39 is 0 Å². The molecule has 0 aliphatic rings. The van der Waals surface area contributed by atoms with Gasteiger partial charge in [-0.25, -0.2) is 4.98 Å². The molecule has 0 saturated heterocycles. The Morgan fingerprint density at radius 1 is 1.10 bits per heavy atom. The van der Waals surface area contributed by atoms with Gasteiger partial charge in [-0.05, 0) is 44.3 Å².